The van der Waals surface area contributed by atoms with Gasteiger partial charge >= 0.3 is 0 Å². The van der Waals surface area contributed by atoms with Gasteiger partial charge < -0.3 is 0 Å². The first kappa shape index (κ1) is 20.2. The summed E-state index contributed by atoms with van der Waals surface area (Å²) in [6.45, 7) is -0.542. The number of benzene rings is 2. The van der Waals surface area contributed by atoms with E-state index in [1.165, 1.54) is 48.7 Å². The summed E-state index contributed by atoms with van der Waals surface area (Å²) in [5.74, 6) is -1.08. The molecule has 0 aromatic heterocycles. The number of carbonyl (C=O) groups is 1. The second-order valence-corrected chi connectivity index (χ2v) is 7.88. The van der Waals surface area contributed by atoms with E-state index in [4.69, 9.17) is 23.2 Å². The number of halogens is 3. The maximum Gasteiger partial charge on any atom is 0.260 e. The van der Waals surface area contributed by atoms with Gasteiger partial charge in [-0.1, -0.05) is 41.4 Å². The van der Waals surface area contributed by atoms with Gasteiger partial charge in [-0.15, -0.1) is 0 Å². The molecule has 138 valence electrons. The minimum atomic E-state index is -3.80. The highest BCUT2D eigenvalue weighted by atomic mass is 35.5. The third-order valence-electron chi connectivity index (χ3n) is 3.16. The van der Waals surface area contributed by atoms with Gasteiger partial charge in [-0.3, -0.25) is 9.10 Å². The Morgan fingerprint density at radius 3 is 2.50 bits per heavy atom. The lowest BCUT2D eigenvalue weighted by Gasteiger charge is -2.22. The van der Waals surface area contributed by atoms with E-state index >= 15 is 0 Å². The highest BCUT2D eigenvalue weighted by molar-refractivity contribution is 7.92. The van der Waals surface area contributed by atoms with Crippen LogP contribution in [0.4, 0.5) is 10.1 Å². The molecule has 10 heteroatoms. The van der Waals surface area contributed by atoms with E-state index in [0.29, 0.717) is 5.56 Å². The molecule has 0 aliphatic heterocycles. The molecule has 26 heavy (non-hydrogen) atoms. The molecular weight excluding hydrogens is 404 g/mol. The predicted octanol–water partition coefficient (Wildman–Crippen LogP) is 3.05. The lowest BCUT2D eigenvalue weighted by molar-refractivity contribution is -0.119. The molecule has 2 aromatic rings. The minimum absolute atomic E-state index is 0.0159. The molecule has 0 heterocycles. The number of sulfonamides is 1. The van der Waals surface area contributed by atoms with Crippen molar-refractivity contribution >= 4 is 51.0 Å². The summed E-state index contributed by atoms with van der Waals surface area (Å²) in [4.78, 5) is 12.0. The van der Waals surface area contributed by atoms with E-state index < -0.39 is 28.3 Å². The smallest absolute Gasteiger partial charge is 0.260 e. The average molecular weight is 418 g/mol. The summed E-state index contributed by atoms with van der Waals surface area (Å²) in [7, 11) is -3.80. The van der Waals surface area contributed by atoms with Crippen molar-refractivity contribution in [2.75, 3.05) is 17.1 Å². The Morgan fingerprint density at radius 2 is 1.88 bits per heavy atom. The van der Waals surface area contributed by atoms with Crippen LogP contribution in [0.1, 0.15) is 5.56 Å². The third kappa shape index (κ3) is 5.42. The van der Waals surface area contributed by atoms with Gasteiger partial charge in [-0.25, -0.2) is 18.2 Å². The standard InChI is InChI=1S/C16H14Cl2FN3O3S/c1-26(24,25)22(14-4-2-3-13(17)16(14)18)10-15(23)21-20-9-11-5-7-12(19)8-6-11/h2-9H,10H2,1H3,(H,21,23)/b20-9-. The number of hydrazone groups is 1. The van der Waals surface area contributed by atoms with Crippen LogP contribution >= 0.6 is 23.2 Å². The lowest BCUT2D eigenvalue weighted by atomic mass is 10.2. The summed E-state index contributed by atoms with van der Waals surface area (Å²) in [5.41, 5.74) is 2.85. The van der Waals surface area contributed by atoms with E-state index in [1.807, 2.05) is 0 Å². The van der Waals surface area contributed by atoms with E-state index in [1.54, 1.807) is 0 Å². The lowest BCUT2D eigenvalue weighted by Crippen LogP contribution is -2.39. The monoisotopic (exact) mass is 417 g/mol. The van der Waals surface area contributed by atoms with Crippen LogP contribution in [0.2, 0.25) is 10.0 Å². The average Bonchev–Trinajstić information content (AvgIpc) is 2.56. The molecule has 2 aromatic carbocycles. The zero-order chi connectivity index (χ0) is 19.3. The largest absolute Gasteiger partial charge is 0.271 e. The van der Waals surface area contributed by atoms with E-state index in [2.05, 4.69) is 10.5 Å². The molecule has 0 radical (unpaired) electrons. The Bertz CT molecular complexity index is 934. The molecule has 0 bridgehead atoms. The van der Waals surface area contributed by atoms with Crippen LogP contribution < -0.4 is 9.73 Å². The number of nitrogens with one attached hydrogen (secondary N) is 1. The first-order valence-electron chi connectivity index (χ1n) is 7.17. The molecule has 0 atom stereocenters. The summed E-state index contributed by atoms with van der Waals surface area (Å²) in [6.07, 6.45) is 2.24. The normalized spacial score (nSPS) is 11.5. The van der Waals surface area contributed by atoms with E-state index in [9.17, 15) is 17.6 Å². The topological polar surface area (TPSA) is 78.8 Å². The minimum Gasteiger partial charge on any atom is -0.271 e. The fourth-order valence-corrected chi connectivity index (χ4v) is 3.27. The molecule has 0 unspecified atom stereocenters. The first-order chi connectivity index (χ1) is 12.2. The van der Waals surface area contributed by atoms with Crippen LogP contribution in [0, 0.1) is 5.82 Å². The number of hydrogen-bond acceptors (Lipinski definition) is 4. The quantitative estimate of drug-likeness (QED) is 0.579. The Labute approximate surface area is 160 Å². The number of hydrogen-bond donors (Lipinski definition) is 1. The van der Waals surface area contributed by atoms with Gasteiger partial charge in [0, 0.05) is 0 Å². The second kappa shape index (κ2) is 8.48. The summed E-state index contributed by atoms with van der Waals surface area (Å²) in [5, 5.41) is 3.89. The van der Waals surface area contributed by atoms with Crippen molar-refractivity contribution in [1.82, 2.24) is 5.43 Å². The van der Waals surface area contributed by atoms with Gasteiger partial charge in [0.25, 0.3) is 5.91 Å². The number of nitrogens with zero attached hydrogens (tertiary/aromatic N) is 2. The molecule has 6 nitrogen and oxygen atoms in total. The zero-order valence-corrected chi connectivity index (χ0v) is 15.8. The maximum absolute atomic E-state index is 12.8. The maximum atomic E-state index is 12.8. The van der Waals surface area contributed by atoms with E-state index in [-0.39, 0.29) is 15.7 Å². The van der Waals surface area contributed by atoms with Crippen molar-refractivity contribution in [3.8, 4) is 0 Å². The Balaban J connectivity index is 2.12. The Morgan fingerprint density at radius 1 is 1.23 bits per heavy atom. The molecule has 0 saturated carbocycles. The van der Waals surface area contributed by atoms with E-state index in [0.717, 1.165) is 10.6 Å². The molecule has 1 amide bonds. The van der Waals surface area contributed by atoms with Crippen molar-refractivity contribution < 1.29 is 17.6 Å². The van der Waals surface area contributed by atoms with Gasteiger partial charge in [-0.2, -0.15) is 5.10 Å². The molecule has 1 N–H and O–H groups in total. The molecule has 0 aliphatic rings. The zero-order valence-electron chi connectivity index (χ0n) is 13.5. The van der Waals surface area contributed by atoms with Crippen molar-refractivity contribution in [3.05, 3.63) is 63.9 Å². The van der Waals surface area contributed by atoms with Gasteiger partial charge in [0.2, 0.25) is 10.0 Å². The van der Waals surface area contributed by atoms with Crippen molar-refractivity contribution in [1.29, 1.82) is 0 Å². The molecule has 2 rings (SSSR count). The third-order valence-corrected chi connectivity index (χ3v) is 5.10. The number of anilines is 1. The number of rotatable bonds is 6. The van der Waals surface area contributed by atoms with Gasteiger partial charge in [0.1, 0.15) is 12.4 Å². The van der Waals surface area contributed by atoms with Crippen molar-refractivity contribution in [2.24, 2.45) is 5.10 Å². The van der Waals surface area contributed by atoms with Crippen LogP contribution in [-0.4, -0.2) is 33.3 Å². The molecule has 0 saturated heterocycles. The summed E-state index contributed by atoms with van der Waals surface area (Å²) < 4.78 is 37.7. The molecular formula is C16H14Cl2FN3O3S. The van der Waals surface area contributed by atoms with Crippen LogP contribution in [0.3, 0.4) is 0 Å². The first-order valence-corrected chi connectivity index (χ1v) is 9.78. The van der Waals surface area contributed by atoms with Gasteiger partial charge in [0.05, 0.1) is 28.2 Å². The number of amides is 1. The molecule has 0 spiro atoms. The summed E-state index contributed by atoms with van der Waals surface area (Å²) in [6, 6.07) is 9.89. The van der Waals surface area contributed by atoms with Crippen LogP contribution in [0.15, 0.2) is 47.6 Å². The van der Waals surface area contributed by atoms with Crippen molar-refractivity contribution in [2.45, 2.75) is 0 Å². The van der Waals surface area contributed by atoms with Crippen molar-refractivity contribution in [3.63, 3.8) is 0 Å². The SMILES string of the molecule is CS(=O)(=O)N(CC(=O)N/N=C\c1ccc(F)cc1)c1cccc(Cl)c1Cl. The second-order valence-electron chi connectivity index (χ2n) is 5.19. The van der Waals surface area contributed by atoms with Crippen LogP contribution in [-0.2, 0) is 14.8 Å². The summed E-state index contributed by atoms with van der Waals surface area (Å²) >= 11 is 11.9. The van der Waals surface area contributed by atoms with Crippen LogP contribution in [0.25, 0.3) is 0 Å². The van der Waals surface area contributed by atoms with Crippen LogP contribution in [0.5, 0.6) is 0 Å². The fourth-order valence-electron chi connectivity index (χ4n) is 1.96. The Kier molecular flexibility index (Phi) is 6.57. The van der Waals surface area contributed by atoms with Gasteiger partial charge in [0.15, 0.2) is 0 Å². The predicted molar refractivity (Wildman–Crippen MR) is 101 cm³/mol. The number of carbonyl (C=O) groups excluding carboxylic acids is 1. The highest BCUT2D eigenvalue weighted by Crippen LogP contribution is 2.33. The fraction of sp³-hybridized carbons (Fsp3) is 0.125. The highest BCUT2D eigenvalue weighted by Gasteiger charge is 2.23. The Hall–Kier alpha value is -2.16. The molecule has 0 fully saturated rings. The molecule has 0 aliphatic carbocycles. The van der Waals surface area contributed by atoms with Gasteiger partial charge in [-0.05, 0) is 29.8 Å².